The number of anilines is 1. The minimum Gasteiger partial charge on any atom is -0.356 e. The first kappa shape index (κ1) is 19.9. The lowest BCUT2D eigenvalue weighted by Gasteiger charge is -2.17. The topological polar surface area (TPSA) is 74.6 Å². The maximum absolute atomic E-state index is 12.6. The van der Waals surface area contributed by atoms with Crippen LogP contribution < -0.4 is 15.5 Å². The predicted molar refractivity (Wildman–Crippen MR) is 113 cm³/mol. The summed E-state index contributed by atoms with van der Waals surface area (Å²) in [5.74, 6) is 0.929. The molecule has 0 unspecified atom stereocenters. The number of para-hydroxylation sites is 1. The fourth-order valence-electron chi connectivity index (χ4n) is 3.64. The van der Waals surface area contributed by atoms with E-state index in [1.54, 1.807) is 7.05 Å². The van der Waals surface area contributed by atoms with Gasteiger partial charge in [-0.15, -0.1) is 0 Å². The normalized spacial score (nSPS) is 13.6. The van der Waals surface area contributed by atoms with Crippen molar-refractivity contribution in [2.75, 3.05) is 25.0 Å². The van der Waals surface area contributed by atoms with E-state index in [-0.39, 0.29) is 5.91 Å². The fourth-order valence-corrected chi connectivity index (χ4v) is 3.64. The molecule has 2 heterocycles. The molecule has 1 aromatic heterocycles. The molecule has 0 aliphatic carbocycles. The number of carbonyl (C=O) groups excluding carboxylic acids is 1. The quantitative estimate of drug-likeness (QED) is 0.456. The van der Waals surface area contributed by atoms with E-state index in [9.17, 15) is 4.79 Å². The van der Waals surface area contributed by atoms with Gasteiger partial charge in [0.25, 0.3) is 0 Å². The maximum Gasteiger partial charge on any atom is 0.227 e. The number of hydrogen-bond donors (Lipinski definition) is 2. The van der Waals surface area contributed by atoms with Gasteiger partial charge in [0.2, 0.25) is 5.91 Å². The molecule has 7 nitrogen and oxygen atoms in total. The van der Waals surface area contributed by atoms with Gasteiger partial charge in [-0.3, -0.25) is 14.5 Å². The van der Waals surface area contributed by atoms with Gasteiger partial charge >= 0.3 is 0 Å². The van der Waals surface area contributed by atoms with Crippen molar-refractivity contribution in [3.05, 3.63) is 46.8 Å². The van der Waals surface area contributed by atoms with Crippen molar-refractivity contribution in [1.29, 1.82) is 0 Å². The number of aromatic nitrogens is 2. The Hall–Kier alpha value is -2.83. The minimum absolute atomic E-state index is 0.191. The first-order chi connectivity index (χ1) is 13.5. The summed E-state index contributed by atoms with van der Waals surface area (Å²) in [5, 5.41) is 11.1. The molecule has 0 fully saturated rings. The van der Waals surface area contributed by atoms with Crippen LogP contribution in [-0.4, -0.2) is 41.8 Å². The number of benzene rings is 1. The summed E-state index contributed by atoms with van der Waals surface area (Å²) in [6, 6.07) is 8.16. The minimum atomic E-state index is 0.191. The summed E-state index contributed by atoms with van der Waals surface area (Å²) in [6.07, 6.45) is 2.24. The van der Waals surface area contributed by atoms with Crippen LogP contribution in [0.15, 0.2) is 29.3 Å². The van der Waals surface area contributed by atoms with Crippen LogP contribution in [0.2, 0.25) is 0 Å². The van der Waals surface area contributed by atoms with E-state index in [2.05, 4.69) is 33.7 Å². The Kier molecular flexibility index (Phi) is 6.34. The average Bonchev–Trinajstić information content (AvgIpc) is 3.22. The largest absolute Gasteiger partial charge is 0.356 e. The molecule has 1 aliphatic heterocycles. The van der Waals surface area contributed by atoms with Crippen molar-refractivity contribution in [3.8, 4) is 0 Å². The fraction of sp³-hybridized carbons (Fsp3) is 0.476. The number of carbonyl (C=O) groups is 1. The lowest BCUT2D eigenvalue weighted by molar-refractivity contribution is -0.118. The van der Waals surface area contributed by atoms with Crippen molar-refractivity contribution < 1.29 is 4.79 Å². The summed E-state index contributed by atoms with van der Waals surface area (Å²) < 4.78 is 1.89. The molecule has 0 radical (unpaired) electrons. The SMILES string of the molecule is CN=C(NCCCC(=O)N1CCc2ccccc21)NCc1c(C)nn(C)c1C. The summed E-state index contributed by atoms with van der Waals surface area (Å²) in [5.41, 5.74) is 5.70. The van der Waals surface area contributed by atoms with Gasteiger partial charge in [-0.25, -0.2) is 0 Å². The highest BCUT2D eigenvalue weighted by atomic mass is 16.2. The number of nitrogens with zero attached hydrogens (tertiary/aromatic N) is 4. The molecule has 2 N–H and O–H groups in total. The second-order valence-electron chi connectivity index (χ2n) is 7.15. The average molecular weight is 383 g/mol. The lowest BCUT2D eigenvalue weighted by Crippen LogP contribution is -2.38. The molecule has 2 aromatic rings. The zero-order valence-corrected chi connectivity index (χ0v) is 17.2. The number of hydrogen-bond acceptors (Lipinski definition) is 3. The van der Waals surface area contributed by atoms with E-state index in [0.717, 1.165) is 42.4 Å². The third-order valence-electron chi connectivity index (χ3n) is 5.36. The molecular weight excluding hydrogens is 352 g/mol. The highest BCUT2D eigenvalue weighted by Crippen LogP contribution is 2.27. The van der Waals surface area contributed by atoms with Crippen LogP contribution >= 0.6 is 0 Å². The molecule has 0 atom stereocenters. The highest BCUT2D eigenvalue weighted by Gasteiger charge is 2.23. The standard InChI is InChI=1S/C21H30N6O/c1-15-18(16(2)26(4)25-15)14-24-21(22-3)23-12-7-10-20(28)27-13-11-17-8-5-6-9-19(17)27/h5-6,8-9H,7,10-14H2,1-4H3,(H2,22,23,24). The van der Waals surface area contributed by atoms with E-state index in [1.165, 1.54) is 11.1 Å². The molecule has 1 aliphatic rings. The molecule has 0 saturated carbocycles. The van der Waals surface area contributed by atoms with Crippen molar-refractivity contribution in [2.24, 2.45) is 12.0 Å². The molecule has 1 amide bonds. The Morgan fingerprint density at radius 3 is 2.75 bits per heavy atom. The summed E-state index contributed by atoms with van der Waals surface area (Å²) in [4.78, 5) is 18.7. The van der Waals surface area contributed by atoms with E-state index < -0.39 is 0 Å². The van der Waals surface area contributed by atoms with Gasteiger partial charge in [0, 0.05) is 57.1 Å². The number of guanidine groups is 1. The number of aliphatic imine (C=N–C) groups is 1. The first-order valence-corrected chi connectivity index (χ1v) is 9.83. The summed E-state index contributed by atoms with van der Waals surface area (Å²) in [6.45, 7) is 6.25. The van der Waals surface area contributed by atoms with E-state index >= 15 is 0 Å². The van der Waals surface area contributed by atoms with E-state index in [4.69, 9.17) is 0 Å². The third-order valence-corrected chi connectivity index (χ3v) is 5.36. The number of nitrogens with one attached hydrogen (secondary N) is 2. The van der Waals surface area contributed by atoms with Gasteiger partial charge in [-0.2, -0.15) is 5.10 Å². The molecule has 28 heavy (non-hydrogen) atoms. The highest BCUT2D eigenvalue weighted by molar-refractivity contribution is 5.95. The molecule has 0 saturated heterocycles. The summed E-state index contributed by atoms with van der Waals surface area (Å²) >= 11 is 0. The Bertz CT molecular complexity index is 870. The molecule has 150 valence electrons. The van der Waals surface area contributed by atoms with E-state index in [1.807, 2.05) is 41.8 Å². The molecule has 0 spiro atoms. The van der Waals surface area contributed by atoms with Crippen LogP contribution in [0.5, 0.6) is 0 Å². The molecule has 7 heteroatoms. The van der Waals surface area contributed by atoms with Gasteiger partial charge in [-0.05, 0) is 38.3 Å². The van der Waals surface area contributed by atoms with Crippen LogP contribution in [0.25, 0.3) is 0 Å². The van der Waals surface area contributed by atoms with Crippen LogP contribution in [0, 0.1) is 13.8 Å². The van der Waals surface area contributed by atoms with E-state index in [0.29, 0.717) is 19.5 Å². The second kappa shape index (κ2) is 8.91. The Morgan fingerprint density at radius 2 is 2.04 bits per heavy atom. The zero-order valence-electron chi connectivity index (χ0n) is 17.2. The van der Waals surface area contributed by atoms with Gasteiger partial charge in [-0.1, -0.05) is 18.2 Å². The summed E-state index contributed by atoms with van der Waals surface area (Å²) in [7, 11) is 3.71. The van der Waals surface area contributed by atoms with Crippen LogP contribution in [0.3, 0.4) is 0 Å². The van der Waals surface area contributed by atoms with Gasteiger partial charge < -0.3 is 15.5 Å². The predicted octanol–water partition coefficient (Wildman–Crippen LogP) is 2.07. The zero-order chi connectivity index (χ0) is 20.1. The van der Waals surface area contributed by atoms with Crippen LogP contribution in [-0.2, 0) is 24.8 Å². The Morgan fingerprint density at radius 1 is 1.25 bits per heavy atom. The van der Waals surface area contributed by atoms with Crippen molar-refractivity contribution in [2.45, 2.75) is 39.7 Å². The smallest absolute Gasteiger partial charge is 0.227 e. The number of amides is 1. The van der Waals surface area contributed by atoms with Crippen molar-refractivity contribution in [1.82, 2.24) is 20.4 Å². The number of fused-ring (bicyclic) bond motifs is 1. The van der Waals surface area contributed by atoms with Gasteiger partial charge in [0.1, 0.15) is 0 Å². The molecule has 3 rings (SSSR count). The Balaban J connectivity index is 1.42. The second-order valence-corrected chi connectivity index (χ2v) is 7.15. The molecule has 0 bridgehead atoms. The van der Waals surface area contributed by atoms with Gasteiger partial charge in [0.15, 0.2) is 5.96 Å². The van der Waals surface area contributed by atoms with Crippen molar-refractivity contribution >= 4 is 17.6 Å². The maximum atomic E-state index is 12.6. The lowest BCUT2D eigenvalue weighted by atomic mass is 10.2. The molecular formula is C21H30N6O. The number of aryl methyl sites for hydroxylation is 2. The van der Waals surface area contributed by atoms with Gasteiger partial charge in [0.05, 0.1) is 5.69 Å². The van der Waals surface area contributed by atoms with Crippen LogP contribution in [0.4, 0.5) is 5.69 Å². The molecule has 1 aromatic carbocycles. The first-order valence-electron chi connectivity index (χ1n) is 9.83. The van der Waals surface area contributed by atoms with Crippen LogP contribution in [0.1, 0.15) is 35.4 Å². The number of rotatable bonds is 6. The Labute approximate surface area is 166 Å². The monoisotopic (exact) mass is 382 g/mol. The van der Waals surface area contributed by atoms with Crippen molar-refractivity contribution in [3.63, 3.8) is 0 Å². The third kappa shape index (κ3) is 4.35.